The number of hydrogen-bond donors (Lipinski definition) is 2. The van der Waals surface area contributed by atoms with E-state index < -0.39 is 52.0 Å². The van der Waals surface area contributed by atoms with Crippen LogP contribution in [0.3, 0.4) is 0 Å². The molecular weight excluding hydrogens is 539 g/mol. The third kappa shape index (κ3) is 11.9. The topological polar surface area (TPSA) is 197 Å². The van der Waals surface area contributed by atoms with Gasteiger partial charge in [0.05, 0.1) is 25.1 Å². The van der Waals surface area contributed by atoms with Crippen LogP contribution in [-0.4, -0.2) is 77.1 Å². The van der Waals surface area contributed by atoms with Crippen molar-refractivity contribution in [2.24, 2.45) is 0 Å². The lowest BCUT2D eigenvalue weighted by Gasteiger charge is -2.19. The Balaban J connectivity index is 0.00000760. The van der Waals surface area contributed by atoms with Gasteiger partial charge in [-0.15, -0.1) is 6.58 Å². The lowest BCUT2D eigenvalue weighted by molar-refractivity contribution is -0.0344. The van der Waals surface area contributed by atoms with E-state index in [0.717, 1.165) is 0 Å². The van der Waals surface area contributed by atoms with Crippen molar-refractivity contribution in [3.8, 4) is 0 Å². The smallest absolute Gasteiger partial charge is 0.432 e. The van der Waals surface area contributed by atoms with Gasteiger partial charge in [0, 0.05) is 13.1 Å². The molecule has 0 aliphatic carbocycles. The van der Waals surface area contributed by atoms with Crippen molar-refractivity contribution in [3.05, 3.63) is 19.0 Å². The normalized spacial score (nSPS) is 11.2. The molecule has 3 N–H and O–H groups in total. The molecule has 0 atom stereocenters. The van der Waals surface area contributed by atoms with E-state index in [-0.39, 0.29) is 26.5 Å². The van der Waals surface area contributed by atoms with Gasteiger partial charge in [0.15, 0.2) is 17.0 Å². The average molecular weight is 577 g/mol. The first-order valence-electron chi connectivity index (χ1n) is 11.5. The van der Waals surface area contributed by atoms with Crippen molar-refractivity contribution < 1.29 is 46.9 Å². The molecule has 2 rings (SSSR count). The molecule has 0 spiro atoms. The molecule has 0 saturated heterocycles. The summed E-state index contributed by atoms with van der Waals surface area (Å²) >= 11 is 0. The molecule has 0 bridgehead atoms. The number of carbonyl (C=O) groups is 2. The van der Waals surface area contributed by atoms with Gasteiger partial charge in [-0.25, -0.2) is 14.6 Å². The summed E-state index contributed by atoms with van der Waals surface area (Å²) in [6, 6.07) is 0. The van der Waals surface area contributed by atoms with E-state index in [2.05, 4.69) is 26.8 Å². The van der Waals surface area contributed by atoms with E-state index in [1.165, 1.54) is 6.33 Å². The van der Waals surface area contributed by atoms with E-state index in [1.807, 2.05) is 0 Å². The Bertz CT molecular complexity index is 1090. The van der Waals surface area contributed by atoms with Crippen LogP contribution in [0.15, 0.2) is 19.0 Å². The minimum absolute atomic E-state index is 0. The molecule has 0 radical (unpaired) electrons. The number of nitrogens with one attached hydrogen (secondary N) is 1. The fourth-order valence-electron chi connectivity index (χ4n) is 2.63. The van der Waals surface area contributed by atoms with Gasteiger partial charge in [-0.2, -0.15) is 9.97 Å². The van der Waals surface area contributed by atoms with Gasteiger partial charge in [0.25, 0.3) is 0 Å². The van der Waals surface area contributed by atoms with Gasteiger partial charge in [0.1, 0.15) is 6.35 Å². The Labute approximate surface area is 226 Å². The number of nitrogens with zero attached hydrogens (tertiary/aromatic N) is 4. The highest BCUT2D eigenvalue weighted by atomic mass is 31.2. The average Bonchev–Trinajstić information content (AvgIpc) is 3.22. The lowest BCUT2D eigenvalue weighted by atomic mass is 10.4. The number of nitrogen functional groups attached to an aromatic ring is 1. The number of rotatable bonds is 16. The van der Waals surface area contributed by atoms with Crippen LogP contribution in [0.1, 0.15) is 35.1 Å². The first-order chi connectivity index (χ1) is 18.0. The highest BCUT2D eigenvalue weighted by molar-refractivity contribution is 7.53. The van der Waals surface area contributed by atoms with Gasteiger partial charge < -0.3 is 39.3 Å². The Morgan fingerprint density at radius 1 is 1.10 bits per heavy atom. The lowest BCUT2D eigenvalue weighted by Crippen LogP contribution is -2.17. The minimum atomic E-state index is -4.06. The highest BCUT2D eigenvalue weighted by Gasteiger charge is 2.27. The van der Waals surface area contributed by atoms with Crippen LogP contribution < -0.4 is 11.1 Å². The molecule has 220 valence electrons. The molecule has 2 aromatic heterocycles. The van der Waals surface area contributed by atoms with E-state index in [1.54, 1.807) is 38.3 Å². The van der Waals surface area contributed by atoms with Gasteiger partial charge in [0.2, 0.25) is 19.5 Å². The summed E-state index contributed by atoms with van der Waals surface area (Å²) in [5.41, 5.74) is 6.76. The molecule has 0 saturated carbocycles. The second-order valence-electron chi connectivity index (χ2n) is 7.97. The zero-order valence-corrected chi connectivity index (χ0v) is 22.5. The third-order valence-electron chi connectivity index (χ3n) is 4.14. The van der Waals surface area contributed by atoms with Crippen LogP contribution in [0.2, 0.25) is 0 Å². The second-order valence-corrected chi connectivity index (χ2v) is 9.97. The standard InChI is InChI=1S/C21H33N6O10P.CH4/c1-6-7-23-17-16-18(26-19(22)25-17)27(10-24-16)8-9-31-13-38(30,34-11-32-20(28)36-14(2)3)35-12-33-21(29)37-15(4)5;/h6,10,14-15H,1,7-9,11-13H2,2-5H3,(H3,22,23,25,26);1H4. The van der Waals surface area contributed by atoms with Gasteiger partial charge in [-0.1, -0.05) is 13.5 Å². The molecule has 0 aliphatic heterocycles. The summed E-state index contributed by atoms with van der Waals surface area (Å²) in [5.74, 6) is 0.496. The van der Waals surface area contributed by atoms with Crippen molar-refractivity contribution in [1.29, 1.82) is 0 Å². The maximum atomic E-state index is 13.1. The number of carbonyl (C=O) groups excluding carboxylic acids is 2. The fraction of sp³-hybridized carbons (Fsp3) is 0.591. The summed E-state index contributed by atoms with van der Waals surface area (Å²) in [6.45, 7) is 9.34. The maximum absolute atomic E-state index is 13.1. The summed E-state index contributed by atoms with van der Waals surface area (Å²) in [7, 11) is -4.06. The third-order valence-corrected chi connectivity index (χ3v) is 5.63. The Hall–Kier alpha value is -3.46. The molecule has 0 aliphatic rings. The monoisotopic (exact) mass is 576 g/mol. The predicted octanol–water partition coefficient (Wildman–Crippen LogP) is 3.88. The molecule has 2 heterocycles. The van der Waals surface area contributed by atoms with Crippen LogP contribution in [0.25, 0.3) is 11.2 Å². The van der Waals surface area contributed by atoms with Gasteiger partial charge in [-0.05, 0) is 27.7 Å². The number of fused-ring (bicyclic) bond motifs is 1. The summed E-state index contributed by atoms with van der Waals surface area (Å²) in [5, 5.41) is 3.04. The number of nitrogens with two attached hydrogens (primary N) is 1. The SMILES string of the molecule is C.C=CCNc1nc(N)nc2c1ncn2CCOCP(=O)(OCOC(=O)OC(C)C)OCOC(=O)OC(C)C. The fourth-order valence-corrected chi connectivity index (χ4v) is 3.63. The number of hydrogen-bond acceptors (Lipinski definition) is 15. The van der Waals surface area contributed by atoms with E-state index in [0.29, 0.717) is 23.5 Å². The highest BCUT2D eigenvalue weighted by Crippen LogP contribution is 2.48. The predicted molar refractivity (Wildman–Crippen MR) is 141 cm³/mol. The van der Waals surface area contributed by atoms with Crippen LogP contribution in [0.5, 0.6) is 0 Å². The Morgan fingerprint density at radius 2 is 1.69 bits per heavy atom. The van der Waals surface area contributed by atoms with Gasteiger partial charge in [-0.3, -0.25) is 13.6 Å². The molecule has 2 aromatic rings. The minimum Gasteiger partial charge on any atom is -0.432 e. The van der Waals surface area contributed by atoms with E-state index in [9.17, 15) is 14.2 Å². The van der Waals surface area contributed by atoms with E-state index in [4.69, 9.17) is 38.5 Å². The number of aromatic nitrogens is 4. The molecule has 39 heavy (non-hydrogen) atoms. The number of ether oxygens (including phenoxy) is 5. The summed E-state index contributed by atoms with van der Waals surface area (Å²) in [4.78, 5) is 35.7. The first kappa shape index (κ1) is 33.6. The van der Waals surface area contributed by atoms with Gasteiger partial charge >= 0.3 is 19.9 Å². The van der Waals surface area contributed by atoms with Crippen LogP contribution >= 0.6 is 7.60 Å². The maximum Gasteiger partial charge on any atom is 0.510 e. The van der Waals surface area contributed by atoms with Crippen LogP contribution in [0.4, 0.5) is 21.4 Å². The first-order valence-corrected chi connectivity index (χ1v) is 13.2. The molecule has 0 aromatic carbocycles. The zero-order valence-electron chi connectivity index (χ0n) is 21.7. The molecule has 0 unspecified atom stereocenters. The van der Waals surface area contributed by atoms with Crippen LogP contribution in [0, 0.1) is 0 Å². The molecule has 0 amide bonds. The summed E-state index contributed by atoms with van der Waals surface area (Å²) in [6.07, 6.45) is -0.289. The van der Waals surface area contributed by atoms with E-state index >= 15 is 0 Å². The Kier molecular flexibility index (Phi) is 14.2. The zero-order chi connectivity index (χ0) is 28.1. The molecule has 0 fully saturated rings. The van der Waals surface area contributed by atoms with Crippen molar-refractivity contribution in [1.82, 2.24) is 19.5 Å². The quantitative estimate of drug-likeness (QED) is 0.0958. The summed E-state index contributed by atoms with van der Waals surface area (Å²) < 4.78 is 49.5. The Morgan fingerprint density at radius 3 is 2.23 bits per heavy atom. The van der Waals surface area contributed by atoms with Crippen molar-refractivity contribution in [2.45, 2.75) is 53.9 Å². The molecular formula is C22H37N6O10P. The second kappa shape index (κ2) is 16.5. The molecule has 16 nitrogen and oxygen atoms in total. The van der Waals surface area contributed by atoms with Crippen molar-refractivity contribution in [2.75, 3.05) is 44.1 Å². The largest absolute Gasteiger partial charge is 0.510 e. The van der Waals surface area contributed by atoms with Crippen molar-refractivity contribution >= 4 is 42.8 Å². The van der Waals surface area contributed by atoms with Crippen molar-refractivity contribution in [3.63, 3.8) is 0 Å². The number of imidazole rings is 1. The van der Waals surface area contributed by atoms with Crippen LogP contribution in [-0.2, 0) is 43.8 Å². The molecule has 17 heteroatoms. The number of anilines is 2.